The van der Waals surface area contributed by atoms with Crippen molar-refractivity contribution in [2.45, 2.75) is 37.8 Å². The van der Waals surface area contributed by atoms with E-state index in [2.05, 4.69) is 24.3 Å². The molecular weight excluding hydrogens is 466 g/mol. The summed E-state index contributed by atoms with van der Waals surface area (Å²) in [5.41, 5.74) is 6.45. The maximum atomic E-state index is 13.4. The predicted octanol–water partition coefficient (Wildman–Crippen LogP) is 5.61. The van der Waals surface area contributed by atoms with Crippen molar-refractivity contribution in [3.63, 3.8) is 0 Å². The molecule has 3 aromatic carbocycles. The summed E-state index contributed by atoms with van der Waals surface area (Å²) in [6.07, 6.45) is 0.814. The number of hydrogen-bond donors (Lipinski definition) is 0. The number of amides is 1. The molecule has 2 atom stereocenters. The summed E-state index contributed by atoms with van der Waals surface area (Å²) in [5, 5.41) is 0. The van der Waals surface area contributed by atoms with Crippen molar-refractivity contribution in [2.24, 2.45) is 5.92 Å². The summed E-state index contributed by atoms with van der Waals surface area (Å²) in [7, 11) is 1.61. The third-order valence-electron chi connectivity index (χ3n) is 8.01. The predicted molar refractivity (Wildman–Crippen MR) is 140 cm³/mol. The van der Waals surface area contributed by atoms with Gasteiger partial charge in [-0.1, -0.05) is 48.5 Å². The van der Waals surface area contributed by atoms with Gasteiger partial charge in [0, 0.05) is 17.4 Å². The molecule has 190 valence electrons. The first-order valence-corrected chi connectivity index (χ1v) is 12.9. The number of benzene rings is 3. The van der Waals surface area contributed by atoms with Gasteiger partial charge in [0.25, 0.3) is 0 Å². The number of methoxy groups -OCH3 is 1. The minimum Gasteiger partial charge on any atom is -0.497 e. The van der Waals surface area contributed by atoms with E-state index in [1.165, 1.54) is 22.3 Å². The Hall–Kier alpha value is -3.64. The van der Waals surface area contributed by atoms with Crippen molar-refractivity contribution in [3.05, 3.63) is 89.0 Å². The van der Waals surface area contributed by atoms with Crippen LogP contribution in [0.1, 0.15) is 45.8 Å². The summed E-state index contributed by atoms with van der Waals surface area (Å²) in [6, 6.07) is 21.9. The Morgan fingerprint density at radius 2 is 1.54 bits per heavy atom. The number of aryl methyl sites for hydroxylation is 1. The lowest BCUT2D eigenvalue weighted by Crippen LogP contribution is -2.60. The van der Waals surface area contributed by atoms with Crippen molar-refractivity contribution in [1.29, 1.82) is 0 Å². The maximum absolute atomic E-state index is 13.4. The van der Waals surface area contributed by atoms with E-state index in [0.717, 1.165) is 5.56 Å². The molecule has 3 aliphatic rings. The van der Waals surface area contributed by atoms with Crippen molar-refractivity contribution in [1.82, 2.24) is 4.90 Å². The van der Waals surface area contributed by atoms with Gasteiger partial charge in [-0.2, -0.15) is 0 Å². The van der Waals surface area contributed by atoms with Gasteiger partial charge in [-0.3, -0.25) is 9.69 Å². The summed E-state index contributed by atoms with van der Waals surface area (Å²) in [5.74, 6) is 0.639. The molecule has 0 aromatic heterocycles. The lowest BCUT2D eigenvalue weighted by molar-refractivity contribution is -0.0747. The Labute approximate surface area is 217 Å². The lowest BCUT2D eigenvalue weighted by atomic mass is 9.80. The number of ketones is 1. The molecule has 37 heavy (non-hydrogen) atoms. The van der Waals surface area contributed by atoms with Gasteiger partial charge in [-0.05, 0) is 65.8 Å². The molecule has 0 N–H and O–H groups in total. The molecule has 2 heterocycles. The summed E-state index contributed by atoms with van der Waals surface area (Å²) in [4.78, 5) is 28.7. The molecule has 3 aromatic rings. The molecule has 6 heteroatoms. The van der Waals surface area contributed by atoms with E-state index in [4.69, 9.17) is 14.2 Å². The highest BCUT2D eigenvalue weighted by Crippen LogP contribution is 2.45. The van der Waals surface area contributed by atoms with E-state index in [1.54, 1.807) is 13.2 Å². The van der Waals surface area contributed by atoms with Crippen LogP contribution in [0.25, 0.3) is 11.1 Å². The number of carbonyl (C=O) groups is 2. The van der Waals surface area contributed by atoms with Crippen LogP contribution in [0.5, 0.6) is 5.75 Å². The Morgan fingerprint density at radius 1 is 0.919 bits per heavy atom. The number of ether oxygens (including phenoxy) is 3. The zero-order chi connectivity index (χ0) is 25.5. The van der Waals surface area contributed by atoms with Crippen LogP contribution < -0.4 is 4.74 Å². The van der Waals surface area contributed by atoms with E-state index in [1.807, 2.05) is 48.2 Å². The average Bonchev–Trinajstić information content (AvgIpc) is 3.23. The highest BCUT2D eigenvalue weighted by molar-refractivity contribution is 5.98. The molecule has 2 aliphatic heterocycles. The molecule has 6 nitrogen and oxygen atoms in total. The fourth-order valence-electron chi connectivity index (χ4n) is 6.34. The van der Waals surface area contributed by atoms with Gasteiger partial charge in [0.1, 0.15) is 12.4 Å². The summed E-state index contributed by atoms with van der Waals surface area (Å²) in [6.45, 7) is 3.08. The Morgan fingerprint density at radius 3 is 2.16 bits per heavy atom. The van der Waals surface area contributed by atoms with E-state index >= 15 is 0 Å². The van der Waals surface area contributed by atoms with Crippen LogP contribution in [-0.4, -0.2) is 55.8 Å². The van der Waals surface area contributed by atoms with Crippen molar-refractivity contribution >= 4 is 11.9 Å². The van der Waals surface area contributed by atoms with Gasteiger partial charge in [-0.15, -0.1) is 0 Å². The number of nitrogens with zero attached hydrogens (tertiary/aromatic N) is 1. The number of piperidine rings is 1. The van der Waals surface area contributed by atoms with Gasteiger partial charge >= 0.3 is 6.09 Å². The fraction of sp³-hybridized carbons (Fsp3) is 0.355. The highest BCUT2D eigenvalue weighted by atomic mass is 16.6. The smallest absolute Gasteiger partial charge is 0.410 e. The SMILES string of the molecule is COc1cc(C)cc(C(=O)C2CC3COCC(C2)N3C(=O)OCC2c3ccccc3-c3ccccc32)c1. The third-order valence-corrected chi connectivity index (χ3v) is 8.01. The minimum atomic E-state index is -0.316. The van der Waals surface area contributed by atoms with Crippen LogP contribution >= 0.6 is 0 Å². The molecule has 2 unspecified atom stereocenters. The van der Waals surface area contributed by atoms with E-state index in [9.17, 15) is 9.59 Å². The third kappa shape index (κ3) is 4.29. The Balaban J connectivity index is 1.16. The van der Waals surface area contributed by atoms with Crippen LogP contribution in [0, 0.1) is 12.8 Å². The second-order valence-corrected chi connectivity index (χ2v) is 10.3. The molecule has 0 saturated carbocycles. The molecule has 6 rings (SSSR count). The molecule has 0 spiro atoms. The normalized spacial score (nSPS) is 22.2. The number of Topliss-reactive ketones (excluding diaryl/α,β-unsaturated/α-hetero) is 1. The molecule has 0 radical (unpaired) electrons. The standard InChI is InChI=1S/C31H31NO5/c1-19-11-20(15-24(12-19)35-2)30(33)21-13-22-16-36-17-23(14-21)32(22)31(34)37-18-29-27-9-5-3-7-25(27)26-8-4-6-10-28(26)29/h3-12,15,21-23,29H,13-14,16-18H2,1-2H3. The zero-order valence-corrected chi connectivity index (χ0v) is 21.2. The van der Waals surface area contributed by atoms with Gasteiger partial charge in [-0.25, -0.2) is 4.79 Å². The van der Waals surface area contributed by atoms with Gasteiger partial charge in [0.05, 0.1) is 32.4 Å². The van der Waals surface area contributed by atoms with E-state index < -0.39 is 0 Å². The Bertz CT molecular complexity index is 1290. The van der Waals surface area contributed by atoms with Crippen LogP contribution in [0.4, 0.5) is 4.79 Å². The van der Waals surface area contributed by atoms with Crippen LogP contribution in [0.15, 0.2) is 66.7 Å². The molecule has 1 aliphatic carbocycles. The van der Waals surface area contributed by atoms with E-state index in [0.29, 0.717) is 37.4 Å². The number of rotatable bonds is 5. The Kier molecular flexibility index (Phi) is 6.21. The molecular formula is C31H31NO5. The number of carbonyl (C=O) groups excluding carboxylic acids is 2. The fourth-order valence-corrected chi connectivity index (χ4v) is 6.34. The van der Waals surface area contributed by atoms with Crippen molar-refractivity contribution < 1.29 is 23.8 Å². The van der Waals surface area contributed by atoms with Crippen molar-refractivity contribution in [2.75, 3.05) is 26.9 Å². The largest absolute Gasteiger partial charge is 0.497 e. The zero-order valence-electron chi connectivity index (χ0n) is 21.2. The number of hydrogen-bond acceptors (Lipinski definition) is 5. The minimum absolute atomic E-state index is 0.0165. The lowest BCUT2D eigenvalue weighted by Gasteiger charge is -2.47. The number of morpholine rings is 1. The second kappa shape index (κ2) is 9.67. The summed E-state index contributed by atoms with van der Waals surface area (Å²) < 4.78 is 17.1. The quantitative estimate of drug-likeness (QED) is 0.429. The summed E-state index contributed by atoms with van der Waals surface area (Å²) >= 11 is 0. The molecule has 2 saturated heterocycles. The molecule has 1 amide bonds. The maximum Gasteiger partial charge on any atom is 0.410 e. The average molecular weight is 498 g/mol. The monoisotopic (exact) mass is 497 g/mol. The van der Waals surface area contributed by atoms with Gasteiger partial charge in [0.2, 0.25) is 0 Å². The van der Waals surface area contributed by atoms with Gasteiger partial charge in [0.15, 0.2) is 5.78 Å². The first-order valence-electron chi connectivity index (χ1n) is 12.9. The highest BCUT2D eigenvalue weighted by Gasteiger charge is 2.45. The van der Waals surface area contributed by atoms with Crippen molar-refractivity contribution in [3.8, 4) is 16.9 Å². The first kappa shape index (κ1) is 23.7. The molecule has 2 bridgehead atoms. The van der Waals surface area contributed by atoms with Gasteiger partial charge < -0.3 is 14.2 Å². The van der Waals surface area contributed by atoms with Crippen LogP contribution in [0.3, 0.4) is 0 Å². The topological polar surface area (TPSA) is 65.1 Å². The number of fused-ring (bicyclic) bond motifs is 5. The first-order chi connectivity index (χ1) is 18.0. The van der Waals surface area contributed by atoms with E-state index in [-0.39, 0.29) is 42.4 Å². The van der Waals surface area contributed by atoms with Crippen LogP contribution in [-0.2, 0) is 9.47 Å². The molecule has 2 fully saturated rings. The second-order valence-electron chi connectivity index (χ2n) is 10.3. The van der Waals surface area contributed by atoms with Crippen LogP contribution in [0.2, 0.25) is 0 Å².